The van der Waals surface area contributed by atoms with E-state index in [-0.39, 0.29) is 23.9 Å². The number of aryl methyl sites for hydroxylation is 2. The number of rotatable bonds is 4. The van der Waals surface area contributed by atoms with Crippen molar-refractivity contribution < 1.29 is 18.3 Å². The van der Waals surface area contributed by atoms with Gasteiger partial charge in [-0.25, -0.2) is 18.7 Å². The maximum absolute atomic E-state index is 14.7. The molecule has 0 spiro atoms. The molecule has 1 aliphatic rings. The Morgan fingerprint density at radius 3 is 2.88 bits per heavy atom. The van der Waals surface area contributed by atoms with E-state index in [4.69, 9.17) is 4.74 Å². The molecule has 2 atom stereocenters. The summed E-state index contributed by atoms with van der Waals surface area (Å²) in [6, 6.07) is 4.38. The predicted molar refractivity (Wildman–Crippen MR) is 113 cm³/mol. The smallest absolute Gasteiger partial charge is 0.309 e. The molecule has 32 heavy (non-hydrogen) atoms. The monoisotopic (exact) mass is 438 g/mol. The van der Waals surface area contributed by atoms with Crippen LogP contribution in [0.5, 0.6) is 0 Å². The number of anilines is 1. The number of nitrogens with one attached hydrogen (secondary N) is 2. The SMILES string of the molecule is Cc1cc(F)c2[nH]cc(-c3ncc(F)c(NC4CC(=O)OC4(C)c4ccn(C)n4)n3)c2c1. The van der Waals surface area contributed by atoms with E-state index in [9.17, 15) is 13.6 Å². The fourth-order valence-corrected chi connectivity index (χ4v) is 4.08. The summed E-state index contributed by atoms with van der Waals surface area (Å²) in [7, 11) is 1.76. The van der Waals surface area contributed by atoms with Crippen molar-refractivity contribution in [2.24, 2.45) is 7.05 Å². The zero-order valence-corrected chi connectivity index (χ0v) is 17.6. The molecule has 1 aromatic carbocycles. The molecule has 3 aromatic heterocycles. The number of carbonyl (C=O) groups excluding carboxylic acids is 1. The van der Waals surface area contributed by atoms with E-state index < -0.39 is 23.4 Å². The summed E-state index contributed by atoms with van der Waals surface area (Å²) in [5.74, 6) is -1.36. The summed E-state index contributed by atoms with van der Waals surface area (Å²) in [4.78, 5) is 23.5. The zero-order valence-electron chi connectivity index (χ0n) is 17.6. The van der Waals surface area contributed by atoms with Gasteiger partial charge in [0.1, 0.15) is 11.5 Å². The largest absolute Gasteiger partial charge is 0.450 e. The molecule has 1 saturated heterocycles. The first-order chi connectivity index (χ1) is 15.2. The highest BCUT2D eigenvalue weighted by Gasteiger charge is 2.49. The number of nitrogens with zero attached hydrogens (tertiary/aromatic N) is 4. The van der Waals surface area contributed by atoms with Gasteiger partial charge in [0.05, 0.1) is 24.2 Å². The van der Waals surface area contributed by atoms with Crippen LogP contribution < -0.4 is 5.32 Å². The lowest BCUT2D eigenvalue weighted by molar-refractivity contribution is -0.148. The number of aromatic nitrogens is 5. The van der Waals surface area contributed by atoms with E-state index in [0.29, 0.717) is 22.2 Å². The number of ether oxygens (including phenoxy) is 1. The molecule has 0 amide bonds. The molecule has 2 unspecified atom stereocenters. The topological polar surface area (TPSA) is 97.7 Å². The maximum atomic E-state index is 14.7. The van der Waals surface area contributed by atoms with Crippen molar-refractivity contribution in [3.63, 3.8) is 0 Å². The first kappa shape index (κ1) is 20.1. The Labute approximate surface area is 181 Å². The van der Waals surface area contributed by atoms with Crippen molar-refractivity contribution in [2.75, 3.05) is 5.32 Å². The van der Waals surface area contributed by atoms with E-state index in [1.165, 1.54) is 6.07 Å². The summed E-state index contributed by atoms with van der Waals surface area (Å²) in [6.07, 6.45) is 4.39. The third-order valence-corrected chi connectivity index (χ3v) is 5.77. The molecule has 2 N–H and O–H groups in total. The average Bonchev–Trinajstić information content (AvgIpc) is 3.42. The summed E-state index contributed by atoms with van der Waals surface area (Å²) in [5, 5.41) is 7.96. The maximum Gasteiger partial charge on any atom is 0.309 e. The third-order valence-electron chi connectivity index (χ3n) is 5.77. The van der Waals surface area contributed by atoms with Gasteiger partial charge in [-0.1, -0.05) is 0 Å². The van der Waals surface area contributed by atoms with Gasteiger partial charge in [-0.05, 0) is 37.6 Å². The second kappa shape index (κ2) is 7.11. The van der Waals surface area contributed by atoms with Gasteiger partial charge in [0, 0.05) is 30.4 Å². The fraction of sp³-hybridized carbons (Fsp3) is 0.273. The first-order valence-electron chi connectivity index (χ1n) is 10.0. The van der Waals surface area contributed by atoms with Gasteiger partial charge in [0.25, 0.3) is 0 Å². The molecular weight excluding hydrogens is 418 g/mol. The Morgan fingerprint density at radius 1 is 1.31 bits per heavy atom. The minimum Gasteiger partial charge on any atom is -0.450 e. The van der Waals surface area contributed by atoms with Crippen molar-refractivity contribution in [3.05, 3.63) is 59.7 Å². The summed E-state index contributed by atoms with van der Waals surface area (Å²) >= 11 is 0. The molecule has 0 radical (unpaired) electrons. The average molecular weight is 438 g/mol. The normalized spacial score (nSPS) is 20.7. The Hall–Kier alpha value is -3.82. The van der Waals surface area contributed by atoms with Gasteiger partial charge in [-0.15, -0.1) is 0 Å². The van der Waals surface area contributed by atoms with E-state index >= 15 is 0 Å². The lowest BCUT2D eigenvalue weighted by atomic mass is 9.93. The predicted octanol–water partition coefficient (Wildman–Crippen LogP) is 3.59. The highest BCUT2D eigenvalue weighted by molar-refractivity contribution is 5.94. The molecule has 10 heteroatoms. The highest BCUT2D eigenvalue weighted by Crippen LogP contribution is 2.38. The van der Waals surface area contributed by atoms with Gasteiger partial charge in [-0.3, -0.25) is 9.48 Å². The minimum absolute atomic E-state index is 0.0172. The minimum atomic E-state index is -1.10. The van der Waals surface area contributed by atoms with Gasteiger partial charge < -0.3 is 15.0 Å². The van der Waals surface area contributed by atoms with Crippen LogP contribution in [-0.4, -0.2) is 36.7 Å². The molecule has 4 heterocycles. The number of aromatic amines is 1. The molecule has 0 aliphatic carbocycles. The second-order valence-electron chi connectivity index (χ2n) is 8.12. The Morgan fingerprint density at radius 2 is 2.12 bits per heavy atom. The van der Waals surface area contributed by atoms with Crippen LogP contribution in [0.25, 0.3) is 22.3 Å². The van der Waals surface area contributed by atoms with Crippen molar-refractivity contribution >= 4 is 22.7 Å². The Kier molecular flexibility index (Phi) is 4.47. The van der Waals surface area contributed by atoms with Crippen molar-refractivity contribution in [1.29, 1.82) is 0 Å². The molecule has 1 fully saturated rings. The molecule has 0 bridgehead atoms. The van der Waals surface area contributed by atoms with Crippen LogP contribution in [0.2, 0.25) is 0 Å². The molecule has 164 valence electrons. The van der Waals surface area contributed by atoms with Crippen molar-refractivity contribution in [3.8, 4) is 11.4 Å². The molecular formula is C22H20F2N6O2. The first-order valence-corrected chi connectivity index (χ1v) is 10.0. The van der Waals surface area contributed by atoms with Gasteiger partial charge in [0.2, 0.25) is 0 Å². The lowest BCUT2D eigenvalue weighted by Gasteiger charge is -2.28. The van der Waals surface area contributed by atoms with Crippen LogP contribution in [0.15, 0.2) is 36.8 Å². The van der Waals surface area contributed by atoms with Crippen LogP contribution in [0.4, 0.5) is 14.6 Å². The van der Waals surface area contributed by atoms with Crippen LogP contribution in [0.3, 0.4) is 0 Å². The van der Waals surface area contributed by atoms with Gasteiger partial charge in [0.15, 0.2) is 23.1 Å². The number of benzene rings is 1. The van der Waals surface area contributed by atoms with Crippen molar-refractivity contribution in [2.45, 2.75) is 31.9 Å². The van der Waals surface area contributed by atoms with E-state index in [1.54, 1.807) is 44.0 Å². The fourth-order valence-electron chi connectivity index (χ4n) is 4.08. The number of fused-ring (bicyclic) bond motifs is 1. The summed E-state index contributed by atoms with van der Waals surface area (Å²) < 4.78 is 36.1. The Balaban J connectivity index is 1.53. The van der Waals surface area contributed by atoms with Crippen LogP contribution in [0, 0.1) is 18.6 Å². The number of hydrogen-bond donors (Lipinski definition) is 2. The van der Waals surface area contributed by atoms with E-state index in [2.05, 4.69) is 25.4 Å². The van der Waals surface area contributed by atoms with Crippen LogP contribution >= 0.6 is 0 Å². The number of hydrogen-bond acceptors (Lipinski definition) is 6. The quantitative estimate of drug-likeness (QED) is 0.473. The summed E-state index contributed by atoms with van der Waals surface area (Å²) in [5.41, 5.74) is 1.05. The second-order valence-corrected chi connectivity index (χ2v) is 8.12. The summed E-state index contributed by atoms with van der Waals surface area (Å²) in [6.45, 7) is 3.51. The molecule has 8 nitrogen and oxygen atoms in total. The molecule has 1 aliphatic heterocycles. The molecule has 5 rings (SSSR count). The van der Waals surface area contributed by atoms with Gasteiger partial charge >= 0.3 is 5.97 Å². The number of halogens is 2. The molecule has 4 aromatic rings. The molecule has 0 saturated carbocycles. The highest BCUT2D eigenvalue weighted by atomic mass is 19.1. The number of H-pyrrole nitrogens is 1. The Bertz CT molecular complexity index is 1360. The van der Waals surface area contributed by atoms with Crippen LogP contribution in [-0.2, 0) is 22.2 Å². The van der Waals surface area contributed by atoms with E-state index in [1.807, 2.05) is 6.07 Å². The third kappa shape index (κ3) is 3.19. The lowest BCUT2D eigenvalue weighted by Crippen LogP contribution is -2.39. The number of carbonyl (C=O) groups is 1. The van der Waals surface area contributed by atoms with E-state index in [0.717, 1.165) is 11.8 Å². The van der Waals surface area contributed by atoms with Crippen LogP contribution in [0.1, 0.15) is 24.6 Å². The van der Waals surface area contributed by atoms with Crippen molar-refractivity contribution in [1.82, 2.24) is 24.7 Å². The number of esters is 1. The standard InChI is InChI=1S/C22H20F2N6O2/c1-11-6-12-13(9-25-19(12)14(23)7-11)20-26-10-15(24)21(28-20)27-17-8-18(31)32-22(17,2)16-4-5-30(3)29-16/h4-7,9-10,17,25H,8H2,1-3H3,(H,26,27,28). The zero-order chi connectivity index (χ0) is 22.6. The van der Waals surface area contributed by atoms with Gasteiger partial charge in [-0.2, -0.15) is 5.10 Å². The number of cyclic esters (lactones) is 1.